The lowest BCUT2D eigenvalue weighted by Gasteiger charge is -2.34. The molecule has 1 N–H and O–H groups in total. The predicted octanol–water partition coefficient (Wildman–Crippen LogP) is 3.91. The number of hydrogen-bond acceptors (Lipinski definition) is 4. The highest BCUT2D eigenvalue weighted by Crippen LogP contribution is 2.38. The van der Waals surface area contributed by atoms with Crippen molar-refractivity contribution < 1.29 is 5.11 Å². The zero-order valence-electron chi connectivity index (χ0n) is 13.6. The van der Waals surface area contributed by atoms with E-state index >= 15 is 0 Å². The Balaban J connectivity index is 1.85. The molecule has 1 saturated heterocycles. The van der Waals surface area contributed by atoms with Gasteiger partial charge in [0.2, 0.25) is 0 Å². The molecule has 4 heteroatoms. The van der Waals surface area contributed by atoms with Crippen molar-refractivity contribution in [2.45, 2.75) is 25.3 Å². The summed E-state index contributed by atoms with van der Waals surface area (Å²) < 4.78 is 0. The van der Waals surface area contributed by atoms with E-state index in [1.165, 1.54) is 19.3 Å². The molecule has 2 aromatic heterocycles. The molecule has 0 amide bonds. The molecule has 4 nitrogen and oxygen atoms in total. The molecule has 0 radical (unpaired) electrons. The van der Waals surface area contributed by atoms with Crippen LogP contribution in [0.15, 0.2) is 54.9 Å². The van der Waals surface area contributed by atoms with Crippen LogP contribution in [0.1, 0.15) is 36.6 Å². The van der Waals surface area contributed by atoms with E-state index in [0.717, 1.165) is 29.7 Å². The molecule has 3 heterocycles. The lowest BCUT2D eigenvalue weighted by molar-refractivity contribution is 0.182. The van der Waals surface area contributed by atoms with Crippen molar-refractivity contribution in [3.05, 3.63) is 66.1 Å². The first-order valence-corrected chi connectivity index (χ1v) is 8.56. The largest absolute Gasteiger partial charge is 0.505 e. The quantitative estimate of drug-likeness (QED) is 0.795. The first-order valence-electron chi connectivity index (χ1n) is 8.56. The monoisotopic (exact) mass is 319 g/mol. The number of benzene rings is 1. The summed E-state index contributed by atoms with van der Waals surface area (Å²) in [6, 6.07) is 13.9. The number of aromatic nitrogens is 2. The van der Waals surface area contributed by atoms with Crippen LogP contribution in [0.25, 0.3) is 10.9 Å². The SMILES string of the molecule is Oc1c([C@@H](c2ccccn2)N2CCCCC2)ccc2cccnc12. The fraction of sp³-hybridized carbons (Fsp3) is 0.300. The molecule has 1 aliphatic heterocycles. The van der Waals surface area contributed by atoms with Gasteiger partial charge in [-0.2, -0.15) is 0 Å². The fourth-order valence-corrected chi connectivity index (χ4v) is 3.62. The first-order chi connectivity index (χ1) is 11.8. The van der Waals surface area contributed by atoms with Crippen molar-refractivity contribution >= 4 is 10.9 Å². The third kappa shape index (κ3) is 2.74. The van der Waals surface area contributed by atoms with Crippen molar-refractivity contribution in [1.82, 2.24) is 14.9 Å². The minimum atomic E-state index is -0.0297. The van der Waals surface area contributed by atoms with Gasteiger partial charge in [-0.15, -0.1) is 0 Å². The summed E-state index contributed by atoms with van der Waals surface area (Å²) in [6.07, 6.45) is 7.20. The zero-order valence-corrected chi connectivity index (χ0v) is 13.6. The Bertz CT molecular complexity index is 829. The van der Waals surface area contributed by atoms with Crippen molar-refractivity contribution in [3.8, 4) is 5.75 Å². The Kier molecular flexibility index (Phi) is 4.13. The van der Waals surface area contributed by atoms with E-state index in [2.05, 4.69) is 14.9 Å². The highest BCUT2D eigenvalue weighted by molar-refractivity contribution is 5.85. The van der Waals surface area contributed by atoms with Crippen molar-refractivity contribution in [3.63, 3.8) is 0 Å². The minimum Gasteiger partial charge on any atom is -0.505 e. The number of phenols is 1. The maximum atomic E-state index is 10.9. The number of likely N-dealkylation sites (tertiary alicyclic amines) is 1. The van der Waals surface area contributed by atoms with Crippen LogP contribution >= 0.6 is 0 Å². The summed E-state index contributed by atoms with van der Waals surface area (Å²) >= 11 is 0. The zero-order chi connectivity index (χ0) is 16.4. The van der Waals surface area contributed by atoms with Crippen LogP contribution in [0.5, 0.6) is 5.75 Å². The van der Waals surface area contributed by atoms with Gasteiger partial charge in [0.15, 0.2) is 0 Å². The van der Waals surface area contributed by atoms with E-state index in [0.29, 0.717) is 5.52 Å². The van der Waals surface area contributed by atoms with Gasteiger partial charge in [-0.25, -0.2) is 0 Å². The molecular formula is C20H21N3O. The molecule has 0 spiro atoms. The summed E-state index contributed by atoms with van der Waals surface area (Å²) in [7, 11) is 0. The number of fused-ring (bicyclic) bond motifs is 1. The Hall–Kier alpha value is -2.46. The van der Waals surface area contributed by atoms with Crippen LogP contribution < -0.4 is 0 Å². The van der Waals surface area contributed by atoms with Crippen molar-refractivity contribution in [2.75, 3.05) is 13.1 Å². The van der Waals surface area contributed by atoms with E-state index in [1.807, 2.05) is 48.7 Å². The molecule has 1 atom stereocenters. The van der Waals surface area contributed by atoms with Crippen LogP contribution in [0, 0.1) is 0 Å². The molecule has 1 fully saturated rings. The number of rotatable bonds is 3. The Labute approximate surface area is 141 Å². The molecule has 0 saturated carbocycles. The number of phenolic OH excluding ortho intramolecular Hbond substituents is 1. The van der Waals surface area contributed by atoms with Gasteiger partial charge >= 0.3 is 0 Å². The van der Waals surface area contributed by atoms with Crippen LogP contribution in [-0.4, -0.2) is 33.1 Å². The van der Waals surface area contributed by atoms with Gasteiger partial charge in [0.05, 0.1) is 11.7 Å². The second-order valence-electron chi connectivity index (χ2n) is 6.33. The highest BCUT2D eigenvalue weighted by atomic mass is 16.3. The summed E-state index contributed by atoms with van der Waals surface area (Å²) in [5.41, 5.74) is 2.53. The Morgan fingerprint density at radius 2 is 1.71 bits per heavy atom. The second kappa shape index (κ2) is 6.57. The molecule has 24 heavy (non-hydrogen) atoms. The summed E-state index contributed by atoms with van der Waals surface area (Å²) in [6.45, 7) is 2.06. The Morgan fingerprint density at radius 1 is 0.875 bits per heavy atom. The van der Waals surface area contributed by atoms with Gasteiger partial charge in [0, 0.05) is 23.3 Å². The van der Waals surface area contributed by atoms with Gasteiger partial charge < -0.3 is 5.11 Å². The third-order valence-electron chi connectivity index (χ3n) is 4.80. The maximum Gasteiger partial charge on any atom is 0.146 e. The van der Waals surface area contributed by atoms with Gasteiger partial charge in [0.25, 0.3) is 0 Å². The second-order valence-corrected chi connectivity index (χ2v) is 6.33. The van der Waals surface area contributed by atoms with Gasteiger partial charge in [-0.3, -0.25) is 14.9 Å². The summed E-state index contributed by atoms with van der Waals surface area (Å²) in [4.78, 5) is 11.4. The molecule has 1 aliphatic rings. The molecular weight excluding hydrogens is 298 g/mol. The standard InChI is InChI=1S/C20H21N3O/c24-20-16(10-9-15-7-6-12-22-18(15)20)19(17-8-2-3-11-21-17)23-13-4-1-5-14-23/h2-3,6-12,19,24H,1,4-5,13-14H2/t19-/m0/s1. The molecule has 4 rings (SSSR count). The first kappa shape index (κ1) is 15.1. The van der Waals surface area contributed by atoms with E-state index in [-0.39, 0.29) is 11.8 Å². The molecule has 0 bridgehead atoms. The number of pyridine rings is 2. The number of hydrogen-bond donors (Lipinski definition) is 1. The predicted molar refractivity (Wildman–Crippen MR) is 94.9 cm³/mol. The average Bonchev–Trinajstić information content (AvgIpc) is 2.66. The highest BCUT2D eigenvalue weighted by Gasteiger charge is 2.27. The lowest BCUT2D eigenvalue weighted by atomic mass is 9.96. The normalized spacial score (nSPS) is 17.0. The number of aromatic hydroxyl groups is 1. The molecule has 0 aliphatic carbocycles. The minimum absolute atomic E-state index is 0.0297. The molecule has 1 aromatic carbocycles. The van der Waals surface area contributed by atoms with Crippen LogP contribution in [0.2, 0.25) is 0 Å². The lowest BCUT2D eigenvalue weighted by Crippen LogP contribution is -2.34. The molecule has 3 aromatic rings. The topological polar surface area (TPSA) is 49.3 Å². The fourth-order valence-electron chi connectivity index (χ4n) is 3.62. The van der Waals surface area contributed by atoms with E-state index in [9.17, 15) is 5.11 Å². The smallest absolute Gasteiger partial charge is 0.146 e. The number of nitrogens with zero attached hydrogens (tertiary/aromatic N) is 3. The van der Waals surface area contributed by atoms with Crippen molar-refractivity contribution in [1.29, 1.82) is 0 Å². The third-order valence-corrected chi connectivity index (χ3v) is 4.80. The molecule has 122 valence electrons. The summed E-state index contributed by atoms with van der Waals surface area (Å²) in [5, 5.41) is 11.9. The average molecular weight is 319 g/mol. The van der Waals surface area contributed by atoms with Gasteiger partial charge in [0.1, 0.15) is 11.3 Å². The van der Waals surface area contributed by atoms with E-state index in [1.54, 1.807) is 6.20 Å². The van der Waals surface area contributed by atoms with Gasteiger partial charge in [-0.05, 0) is 44.1 Å². The number of piperidine rings is 1. The summed E-state index contributed by atoms with van der Waals surface area (Å²) in [5.74, 6) is 0.273. The van der Waals surface area contributed by atoms with Crippen LogP contribution in [0.3, 0.4) is 0 Å². The van der Waals surface area contributed by atoms with Crippen LogP contribution in [0.4, 0.5) is 0 Å². The van der Waals surface area contributed by atoms with Crippen molar-refractivity contribution in [2.24, 2.45) is 0 Å². The van der Waals surface area contributed by atoms with E-state index < -0.39 is 0 Å². The van der Waals surface area contributed by atoms with E-state index in [4.69, 9.17) is 0 Å². The molecule has 0 unspecified atom stereocenters. The van der Waals surface area contributed by atoms with Crippen LogP contribution in [-0.2, 0) is 0 Å². The van der Waals surface area contributed by atoms with Gasteiger partial charge in [-0.1, -0.05) is 30.7 Å². The Morgan fingerprint density at radius 3 is 2.50 bits per heavy atom. The maximum absolute atomic E-state index is 10.9.